The molecule has 0 bridgehead atoms. The minimum atomic E-state index is -1.41. The molecule has 0 saturated heterocycles. The van der Waals surface area contributed by atoms with Gasteiger partial charge < -0.3 is 9.84 Å². The van der Waals surface area contributed by atoms with Crippen LogP contribution in [0.4, 0.5) is 0 Å². The fourth-order valence-electron chi connectivity index (χ4n) is 1.02. The van der Waals surface area contributed by atoms with Crippen LogP contribution in [0.1, 0.15) is 12.5 Å². The van der Waals surface area contributed by atoms with E-state index < -0.39 is 5.79 Å². The summed E-state index contributed by atoms with van der Waals surface area (Å²) >= 11 is 0. The number of rotatable bonds is 3. The molecule has 0 aliphatic rings. The lowest BCUT2D eigenvalue weighted by atomic mass is 10.1. The first kappa shape index (κ1) is 9.23. The van der Waals surface area contributed by atoms with Gasteiger partial charge in [-0.25, -0.2) is 0 Å². The van der Waals surface area contributed by atoms with E-state index in [1.807, 2.05) is 25.1 Å². The van der Waals surface area contributed by atoms with Gasteiger partial charge in [-0.05, 0) is 6.92 Å². The minimum absolute atomic E-state index is 0.439. The van der Waals surface area contributed by atoms with Gasteiger partial charge in [0.25, 0.3) is 0 Å². The van der Waals surface area contributed by atoms with Crippen LogP contribution in [0.5, 0.6) is 0 Å². The molecule has 12 heavy (non-hydrogen) atoms. The monoisotopic (exact) mass is 165 g/mol. The summed E-state index contributed by atoms with van der Waals surface area (Å²) in [7, 11) is 0. The number of hydrogen-bond donors (Lipinski definition) is 1. The predicted molar refractivity (Wildman–Crippen MR) is 47.3 cm³/mol. The lowest BCUT2D eigenvalue weighted by Gasteiger charge is -2.22. The third-order valence-electron chi connectivity index (χ3n) is 1.61. The van der Waals surface area contributed by atoms with Crippen LogP contribution >= 0.6 is 0 Å². The van der Waals surface area contributed by atoms with Crippen molar-refractivity contribution in [2.75, 3.05) is 6.61 Å². The van der Waals surface area contributed by atoms with Crippen molar-refractivity contribution in [3.05, 3.63) is 42.8 Å². The van der Waals surface area contributed by atoms with Crippen molar-refractivity contribution in [3.8, 4) is 0 Å². The Hall–Kier alpha value is -0.860. The average Bonchev–Trinajstić information content (AvgIpc) is 2.06. The van der Waals surface area contributed by atoms with E-state index in [1.54, 1.807) is 12.1 Å². The molecule has 2 heteroatoms. The van der Waals surface area contributed by atoms with E-state index in [0.717, 1.165) is 0 Å². The molecule has 0 aliphatic carbocycles. The average molecular weight is 165 g/mol. The largest absolute Gasteiger partial charge is 0.362 e. The molecule has 1 aromatic rings. The fraction of sp³-hybridized carbons (Fsp3) is 0.300. The molecule has 1 rings (SSSR count). The van der Waals surface area contributed by atoms with E-state index in [2.05, 4.69) is 6.92 Å². The van der Waals surface area contributed by atoms with E-state index in [9.17, 15) is 5.11 Å². The molecule has 1 aromatic carbocycles. The highest BCUT2D eigenvalue weighted by Gasteiger charge is 2.22. The Bertz CT molecular complexity index is 229. The highest BCUT2D eigenvalue weighted by atomic mass is 16.6. The van der Waals surface area contributed by atoms with Crippen molar-refractivity contribution in [1.29, 1.82) is 0 Å². The summed E-state index contributed by atoms with van der Waals surface area (Å²) in [4.78, 5) is 0. The Morgan fingerprint density at radius 1 is 1.42 bits per heavy atom. The van der Waals surface area contributed by atoms with Crippen molar-refractivity contribution in [3.63, 3.8) is 0 Å². The molecular weight excluding hydrogens is 152 g/mol. The van der Waals surface area contributed by atoms with Gasteiger partial charge in [-0.15, -0.1) is 0 Å². The maximum atomic E-state index is 9.65. The van der Waals surface area contributed by atoms with Crippen molar-refractivity contribution in [2.45, 2.75) is 12.7 Å². The van der Waals surface area contributed by atoms with Gasteiger partial charge in [0.15, 0.2) is 5.79 Å². The summed E-state index contributed by atoms with van der Waals surface area (Å²) in [6.07, 6.45) is 0. The van der Waals surface area contributed by atoms with Gasteiger partial charge in [0.1, 0.15) is 0 Å². The first-order valence-corrected chi connectivity index (χ1v) is 3.94. The van der Waals surface area contributed by atoms with Gasteiger partial charge >= 0.3 is 0 Å². The lowest BCUT2D eigenvalue weighted by Crippen LogP contribution is -2.25. The standard InChI is InChI=1S/C10H13O2/c1-3-12-10(2,11)9-7-5-4-6-8-9/h4-8,11H,2-3H2,1H3. The van der Waals surface area contributed by atoms with Crippen molar-refractivity contribution < 1.29 is 9.84 Å². The molecular formula is C10H13O2. The number of benzene rings is 1. The molecule has 0 heterocycles. The number of aliphatic hydroxyl groups is 1. The van der Waals surface area contributed by atoms with Gasteiger partial charge in [-0.1, -0.05) is 30.3 Å². The summed E-state index contributed by atoms with van der Waals surface area (Å²) in [6.45, 7) is 5.82. The van der Waals surface area contributed by atoms with Crippen molar-refractivity contribution in [2.24, 2.45) is 0 Å². The topological polar surface area (TPSA) is 29.5 Å². The van der Waals surface area contributed by atoms with Crippen molar-refractivity contribution in [1.82, 2.24) is 0 Å². The smallest absolute Gasteiger partial charge is 0.192 e. The second-order valence-corrected chi connectivity index (χ2v) is 2.58. The molecule has 0 spiro atoms. The first-order chi connectivity index (χ1) is 5.67. The molecule has 0 aromatic heterocycles. The molecule has 1 radical (unpaired) electrons. The van der Waals surface area contributed by atoms with Crippen LogP contribution in [0, 0.1) is 6.92 Å². The van der Waals surface area contributed by atoms with E-state index >= 15 is 0 Å². The molecule has 1 N–H and O–H groups in total. The maximum absolute atomic E-state index is 9.65. The van der Waals surface area contributed by atoms with E-state index in [4.69, 9.17) is 4.74 Å². The summed E-state index contributed by atoms with van der Waals surface area (Å²) in [5, 5.41) is 9.65. The number of hydrogen-bond acceptors (Lipinski definition) is 2. The molecule has 65 valence electrons. The quantitative estimate of drug-likeness (QED) is 0.691. The molecule has 0 amide bonds. The molecule has 0 aliphatic heterocycles. The summed E-state index contributed by atoms with van der Waals surface area (Å²) in [6, 6.07) is 9.12. The highest BCUT2D eigenvalue weighted by molar-refractivity contribution is 5.20. The van der Waals surface area contributed by atoms with Crippen LogP contribution in [-0.4, -0.2) is 11.7 Å². The third kappa shape index (κ3) is 2.06. The normalized spacial score (nSPS) is 15.6. The second-order valence-electron chi connectivity index (χ2n) is 2.58. The molecule has 0 saturated carbocycles. The Morgan fingerprint density at radius 2 is 2.00 bits per heavy atom. The maximum Gasteiger partial charge on any atom is 0.192 e. The lowest BCUT2D eigenvalue weighted by molar-refractivity contribution is -0.173. The first-order valence-electron chi connectivity index (χ1n) is 3.94. The van der Waals surface area contributed by atoms with E-state index in [1.165, 1.54) is 0 Å². The van der Waals surface area contributed by atoms with Gasteiger partial charge in [-0.2, -0.15) is 0 Å². The summed E-state index contributed by atoms with van der Waals surface area (Å²) in [5.41, 5.74) is 0.673. The Morgan fingerprint density at radius 3 is 2.50 bits per heavy atom. The van der Waals surface area contributed by atoms with Gasteiger partial charge in [0.2, 0.25) is 0 Å². The Labute approximate surface area is 72.8 Å². The summed E-state index contributed by atoms with van der Waals surface area (Å²) in [5.74, 6) is -1.41. The van der Waals surface area contributed by atoms with Crippen LogP contribution in [0.3, 0.4) is 0 Å². The molecule has 1 unspecified atom stereocenters. The van der Waals surface area contributed by atoms with E-state index in [-0.39, 0.29) is 0 Å². The fourth-order valence-corrected chi connectivity index (χ4v) is 1.02. The minimum Gasteiger partial charge on any atom is -0.362 e. The molecule has 2 nitrogen and oxygen atoms in total. The highest BCUT2D eigenvalue weighted by Crippen LogP contribution is 2.20. The Kier molecular flexibility index (Phi) is 2.84. The van der Waals surface area contributed by atoms with E-state index in [0.29, 0.717) is 12.2 Å². The van der Waals surface area contributed by atoms with Crippen LogP contribution in [-0.2, 0) is 10.5 Å². The van der Waals surface area contributed by atoms with Gasteiger partial charge in [0, 0.05) is 19.1 Å². The van der Waals surface area contributed by atoms with Crippen LogP contribution in [0.15, 0.2) is 30.3 Å². The third-order valence-corrected chi connectivity index (χ3v) is 1.61. The number of ether oxygens (including phenoxy) is 1. The van der Waals surface area contributed by atoms with Crippen LogP contribution in [0.2, 0.25) is 0 Å². The second kappa shape index (κ2) is 3.70. The molecule has 1 atom stereocenters. The zero-order valence-electron chi connectivity index (χ0n) is 7.16. The zero-order chi connectivity index (χ0) is 9.03. The van der Waals surface area contributed by atoms with Gasteiger partial charge in [-0.3, -0.25) is 0 Å². The Balaban J connectivity index is 2.82. The molecule has 0 fully saturated rings. The summed E-state index contributed by atoms with van der Waals surface area (Å²) < 4.78 is 5.06. The van der Waals surface area contributed by atoms with Crippen molar-refractivity contribution >= 4 is 0 Å². The van der Waals surface area contributed by atoms with Crippen LogP contribution < -0.4 is 0 Å². The van der Waals surface area contributed by atoms with Gasteiger partial charge in [0.05, 0.1) is 0 Å². The SMILES string of the molecule is [CH2]C(O)(OCC)c1ccccc1. The zero-order valence-corrected chi connectivity index (χ0v) is 7.16. The van der Waals surface area contributed by atoms with Crippen LogP contribution in [0.25, 0.3) is 0 Å². The predicted octanol–water partition coefficient (Wildman–Crippen LogP) is 1.70.